The summed E-state index contributed by atoms with van der Waals surface area (Å²) in [7, 11) is -4.18. The van der Waals surface area contributed by atoms with Crippen LogP contribution in [0, 0.1) is 23.2 Å². The van der Waals surface area contributed by atoms with Gasteiger partial charge in [-0.2, -0.15) is 26.9 Å². The van der Waals surface area contributed by atoms with E-state index in [1.54, 1.807) is 21.9 Å². The van der Waals surface area contributed by atoms with Crippen LogP contribution in [0.2, 0.25) is 0 Å². The summed E-state index contributed by atoms with van der Waals surface area (Å²) in [5.74, 6) is 2.69. The van der Waals surface area contributed by atoms with Crippen molar-refractivity contribution in [3.8, 4) is 17.9 Å². The zero-order valence-corrected chi connectivity index (χ0v) is 24.0. The molecule has 0 saturated carbocycles. The topological polar surface area (TPSA) is 149 Å². The molecule has 2 fully saturated rings. The van der Waals surface area contributed by atoms with Crippen LogP contribution in [0.4, 0.5) is 24.8 Å². The Hall–Kier alpha value is -3.92. The summed E-state index contributed by atoms with van der Waals surface area (Å²) >= 11 is 0. The molecule has 230 valence electrons. The van der Waals surface area contributed by atoms with Crippen molar-refractivity contribution in [3.05, 3.63) is 47.3 Å². The van der Waals surface area contributed by atoms with Gasteiger partial charge in [0.1, 0.15) is 30.0 Å². The van der Waals surface area contributed by atoms with Crippen molar-refractivity contribution in [2.45, 2.75) is 50.4 Å². The van der Waals surface area contributed by atoms with Gasteiger partial charge in [-0.3, -0.25) is 9.35 Å². The molecule has 11 nitrogen and oxygen atoms in total. The van der Waals surface area contributed by atoms with Crippen LogP contribution in [0.25, 0.3) is 0 Å². The van der Waals surface area contributed by atoms with Gasteiger partial charge in [-0.25, -0.2) is 9.97 Å². The van der Waals surface area contributed by atoms with Gasteiger partial charge < -0.3 is 19.9 Å². The van der Waals surface area contributed by atoms with Crippen molar-refractivity contribution >= 4 is 27.7 Å². The van der Waals surface area contributed by atoms with Crippen LogP contribution < -0.4 is 15.1 Å². The maximum atomic E-state index is 13.8. The Morgan fingerprint density at radius 2 is 1.79 bits per heavy atom. The fourth-order valence-corrected chi connectivity index (χ4v) is 5.25. The number of nitrogens with zero attached hydrogens (tertiary/aromatic N) is 5. The summed E-state index contributed by atoms with van der Waals surface area (Å²) in [6.07, 6.45) is -2.43. The molecular weight excluding hydrogens is 589 g/mol. The lowest BCUT2D eigenvalue weighted by Gasteiger charge is -2.33. The summed E-state index contributed by atoms with van der Waals surface area (Å²) in [6.45, 7) is 1.38. The molecule has 2 aromatic rings. The Morgan fingerprint density at radius 3 is 2.44 bits per heavy atom. The number of hydrogen-bond donors (Lipinski definition) is 2. The Kier molecular flexibility index (Phi) is 10.4. The number of benzene rings is 1. The number of ether oxygens (including phenoxy) is 1. The van der Waals surface area contributed by atoms with E-state index in [1.165, 1.54) is 6.07 Å². The number of carbonyl (C=O) groups excluding carboxylic acids is 1. The fourth-order valence-electron chi connectivity index (χ4n) is 4.97. The monoisotopic (exact) mass is 620 g/mol. The number of nitriles is 1. The first-order valence-electron chi connectivity index (χ1n) is 13.7. The molecule has 2 N–H and O–H groups in total. The lowest BCUT2D eigenvalue weighted by molar-refractivity contribution is -0.144. The van der Waals surface area contributed by atoms with Crippen molar-refractivity contribution in [1.29, 1.82) is 5.26 Å². The third kappa shape index (κ3) is 9.28. The maximum Gasteiger partial charge on any atom is 0.451 e. The summed E-state index contributed by atoms with van der Waals surface area (Å²) in [4.78, 5) is 24.0. The second kappa shape index (κ2) is 14.0. The molecule has 2 aliphatic rings. The average molecular weight is 621 g/mol. The van der Waals surface area contributed by atoms with Crippen LogP contribution in [0.1, 0.15) is 42.6 Å². The molecule has 0 spiro atoms. The lowest BCUT2D eigenvalue weighted by Crippen LogP contribution is -2.44. The molecule has 0 aliphatic carbocycles. The number of amides is 1. The SMILES string of the molecule is N#Cc1ccc(CCNC(=O)C2CCCN2c2cc(N3CCC(OCC#CCS(=O)(=O)O)CC3)nc(C(F)(F)F)n2)cc1. The number of piperidine rings is 1. The highest BCUT2D eigenvalue weighted by molar-refractivity contribution is 7.86. The van der Waals surface area contributed by atoms with Crippen molar-refractivity contribution in [2.75, 3.05) is 48.3 Å². The van der Waals surface area contributed by atoms with Crippen LogP contribution >= 0.6 is 0 Å². The highest BCUT2D eigenvalue weighted by Crippen LogP contribution is 2.33. The summed E-state index contributed by atoms with van der Waals surface area (Å²) < 4.78 is 77.2. The quantitative estimate of drug-likeness (QED) is 0.317. The Morgan fingerprint density at radius 1 is 1.09 bits per heavy atom. The van der Waals surface area contributed by atoms with Crippen LogP contribution in [0.15, 0.2) is 30.3 Å². The minimum absolute atomic E-state index is 0.0366. The number of rotatable bonds is 9. The van der Waals surface area contributed by atoms with Gasteiger partial charge in [-0.1, -0.05) is 24.0 Å². The molecule has 2 saturated heterocycles. The van der Waals surface area contributed by atoms with Gasteiger partial charge in [-0.05, 0) is 49.8 Å². The van der Waals surface area contributed by atoms with E-state index in [0.717, 1.165) is 5.56 Å². The minimum atomic E-state index is -4.79. The van der Waals surface area contributed by atoms with Crippen molar-refractivity contribution in [2.24, 2.45) is 0 Å². The molecule has 1 aromatic heterocycles. The molecule has 1 atom stereocenters. The Bertz CT molecular complexity index is 1490. The zero-order chi connectivity index (χ0) is 31.0. The van der Waals surface area contributed by atoms with Gasteiger partial charge in [0.25, 0.3) is 10.1 Å². The predicted octanol–water partition coefficient (Wildman–Crippen LogP) is 2.57. The molecule has 15 heteroatoms. The second-order valence-corrected chi connectivity index (χ2v) is 11.6. The van der Waals surface area contributed by atoms with Gasteiger partial charge in [0.2, 0.25) is 11.7 Å². The van der Waals surface area contributed by atoms with Gasteiger partial charge >= 0.3 is 6.18 Å². The molecule has 2 aliphatic heterocycles. The summed E-state index contributed by atoms with van der Waals surface area (Å²) in [6, 6.07) is 9.87. The zero-order valence-electron chi connectivity index (χ0n) is 23.2. The van der Waals surface area contributed by atoms with E-state index in [-0.39, 0.29) is 30.3 Å². The number of aromatic nitrogens is 2. The first kappa shape index (κ1) is 32.0. The van der Waals surface area contributed by atoms with Crippen molar-refractivity contribution in [1.82, 2.24) is 15.3 Å². The van der Waals surface area contributed by atoms with Gasteiger partial charge in [0, 0.05) is 32.2 Å². The minimum Gasteiger partial charge on any atom is -0.365 e. The van der Waals surface area contributed by atoms with Gasteiger partial charge in [0.05, 0.1) is 17.7 Å². The van der Waals surface area contributed by atoms with E-state index in [4.69, 9.17) is 14.6 Å². The van der Waals surface area contributed by atoms with E-state index in [1.807, 2.05) is 18.2 Å². The number of alkyl halides is 3. The maximum absolute atomic E-state index is 13.8. The van der Waals surface area contributed by atoms with Crippen molar-refractivity contribution < 1.29 is 35.7 Å². The fraction of sp³-hybridized carbons (Fsp3) is 0.500. The highest BCUT2D eigenvalue weighted by atomic mass is 32.2. The standard InChI is InChI=1S/C28H31F3N6O5S/c29-28(30,31)27-34-24(36-14-10-22(11-15-36)42-16-1-2-17-43(39,40)41)18-25(35-27)37-13-3-4-23(37)26(38)33-12-9-20-5-7-21(19-32)8-6-20/h5-8,18,22-23H,3-4,9-17H2,(H,33,38)(H,39,40,41). The smallest absolute Gasteiger partial charge is 0.365 e. The van der Waals surface area contributed by atoms with Gasteiger partial charge in [-0.15, -0.1) is 0 Å². The largest absolute Gasteiger partial charge is 0.451 e. The molecule has 1 amide bonds. The lowest BCUT2D eigenvalue weighted by atomic mass is 10.1. The molecule has 3 heterocycles. The molecule has 4 rings (SSSR count). The van der Waals surface area contributed by atoms with Crippen molar-refractivity contribution in [3.63, 3.8) is 0 Å². The van der Waals surface area contributed by atoms with E-state index in [2.05, 4.69) is 27.1 Å². The van der Waals surface area contributed by atoms with E-state index in [0.29, 0.717) is 63.8 Å². The molecule has 0 radical (unpaired) electrons. The highest BCUT2D eigenvalue weighted by Gasteiger charge is 2.39. The number of anilines is 2. The number of nitrogens with one attached hydrogen (secondary N) is 1. The van der Waals surface area contributed by atoms with Gasteiger partial charge in [0.15, 0.2) is 0 Å². The molecule has 1 unspecified atom stereocenters. The van der Waals surface area contributed by atoms with Crippen LogP contribution in [-0.4, -0.2) is 79.5 Å². The number of carbonyl (C=O) groups is 1. The Balaban J connectivity index is 1.39. The number of hydrogen-bond acceptors (Lipinski definition) is 9. The first-order valence-corrected chi connectivity index (χ1v) is 15.3. The molecule has 0 bridgehead atoms. The summed E-state index contributed by atoms with van der Waals surface area (Å²) in [5, 5.41) is 11.8. The van der Waals surface area contributed by atoms with Crippen LogP contribution in [0.5, 0.6) is 0 Å². The number of halogens is 3. The third-order valence-corrected chi connectivity index (χ3v) is 7.64. The predicted molar refractivity (Wildman–Crippen MR) is 151 cm³/mol. The second-order valence-electron chi connectivity index (χ2n) is 10.2. The van der Waals surface area contributed by atoms with Crippen LogP contribution in [0.3, 0.4) is 0 Å². The average Bonchev–Trinajstić information content (AvgIpc) is 3.47. The van der Waals surface area contributed by atoms with E-state index in [9.17, 15) is 26.4 Å². The van der Waals surface area contributed by atoms with E-state index >= 15 is 0 Å². The first-order chi connectivity index (χ1) is 20.4. The summed E-state index contributed by atoms with van der Waals surface area (Å²) in [5.41, 5.74) is 1.48. The molecular formula is C28H31F3N6O5S. The third-order valence-electron chi connectivity index (χ3n) is 7.14. The van der Waals surface area contributed by atoms with Crippen LogP contribution in [-0.2, 0) is 32.2 Å². The molecule has 1 aromatic carbocycles. The normalized spacial score (nSPS) is 17.7. The Labute approximate surface area is 247 Å². The molecule has 43 heavy (non-hydrogen) atoms. The van der Waals surface area contributed by atoms with E-state index < -0.39 is 33.9 Å².